The Labute approximate surface area is 112 Å². The first-order valence-electron chi connectivity index (χ1n) is 5.84. The van der Waals surface area contributed by atoms with Gasteiger partial charge < -0.3 is 10.3 Å². The predicted molar refractivity (Wildman–Crippen MR) is 69.9 cm³/mol. The fourth-order valence-electron chi connectivity index (χ4n) is 2.39. The molecule has 0 amide bonds. The number of hydrogen-bond donors (Lipinski definition) is 2. The lowest BCUT2D eigenvalue weighted by Gasteiger charge is -2.10. The summed E-state index contributed by atoms with van der Waals surface area (Å²) in [5.74, 6) is 0. The maximum absolute atomic E-state index is 13.1. The number of nitrogens with two attached hydrogens (primary N) is 1. The molecule has 0 atom stereocenters. The normalized spacial score (nSPS) is 12.2. The number of nitrogens with one attached hydrogen (secondary N) is 1. The number of nitrogen functional groups attached to an aromatic ring is 1. The van der Waals surface area contributed by atoms with E-state index in [2.05, 4.69) is 10.2 Å². The lowest BCUT2D eigenvalue weighted by atomic mass is 10.1. The van der Waals surface area contributed by atoms with Crippen molar-refractivity contribution in [1.82, 2.24) is 14.8 Å². The number of rotatable bonds is 1. The summed E-state index contributed by atoms with van der Waals surface area (Å²) in [4.78, 5) is 0. The molecule has 0 saturated carbocycles. The lowest BCUT2D eigenvalue weighted by molar-refractivity contribution is -0.136. The zero-order valence-electron chi connectivity index (χ0n) is 10.5. The summed E-state index contributed by atoms with van der Waals surface area (Å²) in [7, 11) is 1.58. The van der Waals surface area contributed by atoms with E-state index in [9.17, 15) is 13.2 Å². The van der Waals surface area contributed by atoms with Gasteiger partial charge in [0.05, 0.1) is 28.7 Å². The molecule has 0 aliphatic rings. The number of halogens is 3. The van der Waals surface area contributed by atoms with Crippen LogP contribution in [0.5, 0.6) is 0 Å². The minimum atomic E-state index is -4.40. The Hall–Kier alpha value is -2.44. The molecular formula is C13H11F3N4. The van der Waals surface area contributed by atoms with Crippen molar-refractivity contribution >= 4 is 16.6 Å². The average Bonchev–Trinajstić information content (AvgIpc) is 2.92. The summed E-state index contributed by atoms with van der Waals surface area (Å²) >= 11 is 0. The van der Waals surface area contributed by atoms with Gasteiger partial charge in [0.25, 0.3) is 0 Å². The number of H-pyrrole nitrogens is 1. The summed E-state index contributed by atoms with van der Waals surface area (Å²) in [6, 6.07) is 5.77. The molecule has 0 aliphatic heterocycles. The molecule has 7 heteroatoms. The molecule has 4 nitrogen and oxygen atoms in total. The highest BCUT2D eigenvalue weighted by Gasteiger charge is 2.34. The molecule has 104 valence electrons. The number of para-hydroxylation sites is 1. The maximum Gasteiger partial charge on any atom is 0.418 e. The van der Waals surface area contributed by atoms with Crippen LogP contribution in [0.25, 0.3) is 22.3 Å². The highest BCUT2D eigenvalue weighted by Crippen LogP contribution is 2.38. The Morgan fingerprint density at radius 1 is 1.30 bits per heavy atom. The average molecular weight is 280 g/mol. The van der Waals surface area contributed by atoms with Gasteiger partial charge in [0, 0.05) is 12.4 Å². The van der Waals surface area contributed by atoms with Crippen LogP contribution in [0.15, 0.2) is 30.5 Å². The van der Waals surface area contributed by atoms with Gasteiger partial charge in [0.1, 0.15) is 5.69 Å². The van der Waals surface area contributed by atoms with Crippen molar-refractivity contribution in [1.29, 1.82) is 0 Å². The van der Waals surface area contributed by atoms with Crippen molar-refractivity contribution in [2.75, 3.05) is 5.73 Å². The van der Waals surface area contributed by atoms with Gasteiger partial charge in [-0.15, -0.1) is 0 Å². The van der Waals surface area contributed by atoms with E-state index in [1.807, 2.05) is 0 Å². The van der Waals surface area contributed by atoms with Crippen LogP contribution >= 0.6 is 0 Å². The summed E-state index contributed by atoms with van der Waals surface area (Å²) in [5.41, 5.74) is 6.69. The van der Waals surface area contributed by atoms with Gasteiger partial charge in [-0.1, -0.05) is 12.1 Å². The Morgan fingerprint density at radius 2 is 2.05 bits per heavy atom. The summed E-state index contributed by atoms with van der Waals surface area (Å²) < 4.78 is 40.7. The molecule has 3 N–H and O–H groups in total. The minimum Gasteiger partial charge on any atom is -0.396 e. The van der Waals surface area contributed by atoms with Gasteiger partial charge in [0.2, 0.25) is 0 Å². The third kappa shape index (κ3) is 1.74. The SMILES string of the molecule is Cn1c(-c2[nH]ncc2N)cc2cccc(C(F)(F)F)c21. The number of hydrogen-bond acceptors (Lipinski definition) is 2. The van der Waals surface area contributed by atoms with E-state index in [0.717, 1.165) is 6.07 Å². The van der Waals surface area contributed by atoms with Gasteiger partial charge in [-0.3, -0.25) is 5.10 Å². The Balaban J connectivity index is 2.34. The monoisotopic (exact) mass is 280 g/mol. The first kappa shape index (κ1) is 12.6. The molecule has 2 aromatic heterocycles. The molecule has 2 heterocycles. The molecule has 0 unspecified atom stereocenters. The van der Waals surface area contributed by atoms with Crippen molar-refractivity contribution in [3.05, 3.63) is 36.0 Å². The van der Waals surface area contributed by atoms with E-state index in [0.29, 0.717) is 22.5 Å². The van der Waals surface area contributed by atoms with Crippen LogP contribution in [-0.2, 0) is 13.2 Å². The molecule has 0 radical (unpaired) electrons. The van der Waals surface area contributed by atoms with Gasteiger partial charge >= 0.3 is 6.18 Å². The molecule has 1 aromatic carbocycles. The van der Waals surface area contributed by atoms with E-state index in [1.165, 1.54) is 16.8 Å². The van der Waals surface area contributed by atoms with Crippen molar-refractivity contribution in [3.63, 3.8) is 0 Å². The number of aromatic amines is 1. The predicted octanol–water partition coefficient (Wildman–Crippen LogP) is 3.17. The quantitative estimate of drug-likeness (QED) is 0.719. The second-order valence-electron chi connectivity index (χ2n) is 4.53. The fourth-order valence-corrected chi connectivity index (χ4v) is 2.39. The van der Waals surface area contributed by atoms with Crippen molar-refractivity contribution in [2.24, 2.45) is 7.05 Å². The smallest absolute Gasteiger partial charge is 0.396 e. The van der Waals surface area contributed by atoms with E-state index in [4.69, 9.17) is 5.73 Å². The molecule has 0 saturated heterocycles. The van der Waals surface area contributed by atoms with Gasteiger partial charge in [0.15, 0.2) is 0 Å². The number of anilines is 1. The van der Waals surface area contributed by atoms with E-state index in [1.54, 1.807) is 19.2 Å². The minimum absolute atomic E-state index is 0.129. The number of aryl methyl sites for hydroxylation is 1. The van der Waals surface area contributed by atoms with Crippen molar-refractivity contribution in [3.8, 4) is 11.4 Å². The van der Waals surface area contributed by atoms with Crippen LogP contribution in [0, 0.1) is 0 Å². The number of alkyl halides is 3. The molecular weight excluding hydrogens is 269 g/mol. The Morgan fingerprint density at radius 3 is 2.65 bits per heavy atom. The fraction of sp³-hybridized carbons (Fsp3) is 0.154. The zero-order valence-corrected chi connectivity index (χ0v) is 10.5. The van der Waals surface area contributed by atoms with Crippen LogP contribution < -0.4 is 5.73 Å². The van der Waals surface area contributed by atoms with Crippen LogP contribution in [0.3, 0.4) is 0 Å². The Bertz CT molecular complexity index is 783. The first-order valence-corrected chi connectivity index (χ1v) is 5.84. The van der Waals surface area contributed by atoms with Crippen molar-refractivity contribution in [2.45, 2.75) is 6.18 Å². The molecule has 20 heavy (non-hydrogen) atoms. The summed E-state index contributed by atoms with van der Waals surface area (Å²) in [5, 5.41) is 7.01. The number of nitrogens with zero attached hydrogens (tertiary/aromatic N) is 2. The molecule has 0 bridgehead atoms. The van der Waals surface area contributed by atoms with Gasteiger partial charge in [-0.2, -0.15) is 18.3 Å². The standard InChI is InChI=1S/C13H11F3N4/c1-20-10(11-9(17)6-18-19-11)5-7-3-2-4-8(12(7)20)13(14,15)16/h2-6H,17H2,1H3,(H,18,19). The second kappa shape index (κ2) is 4.03. The first-order chi connectivity index (χ1) is 9.39. The summed E-state index contributed by atoms with van der Waals surface area (Å²) in [6.07, 6.45) is -2.97. The van der Waals surface area contributed by atoms with E-state index < -0.39 is 11.7 Å². The maximum atomic E-state index is 13.1. The highest BCUT2D eigenvalue weighted by molar-refractivity contribution is 5.90. The van der Waals surface area contributed by atoms with Crippen LogP contribution in [0.4, 0.5) is 18.9 Å². The van der Waals surface area contributed by atoms with Crippen LogP contribution in [0.2, 0.25) is 0 Å². The molecule has 0 fully saturated rings. The van der Waals surface area contributed by atoms with Crippen LogP contribution in [-0.4, -0.2) is 14.8 Å². The molecule has 0 aliphatic carbocycles. The number of aromatic nitrogens is 3. The molecule has 3 rings (SSSR count). The molecule has 0 spiro atoms. The number of benzene rings is 1. The van der Waals surface area contributed by atoms with Gasteiger partial charge in [-0.25, -0.2) is 0 Å². The topological polar surface area (TPSA) is 59.6 Å². The third-order valence-electron chi connectivity index (χ3n) is 3.29. The molecule has 3 aromatic rings. The van der Waals surface area contributed by atoms with E-state index in [-0.39, 0.29) is 5.52 Å². The Kier molecular flexibility index (Phi) is 2.53. The summed E-state index contributed by atoms with van der Waals surface area (Å²) in [6.45, 7) is 0. The van der Waals surface area contributed by atoms with E-state index >= 15 is 0 Å². The van der Waals surface area contributed by atoms with Crippen molar-refractivity contribution < 1.29 is 13.2 Å². The lowest BCUT2D eigenvalue weighted by Crippen LogP contribution is -2.07. The highest BCUT2D eigenvalue weighted by atomic mass is 19.4. The van der Waals surface area contributed by atoms with Gasteiger partial charge in [-0.05, 0) is 12.1 Å². The second-order valence-corrected chi connectivity index (χ2v) is 4.53. The zero-order chi connectivity index (χ0) is 14.5. The third-order valence-corrected chi connectivity index (χ3v) is 3.29. The largest absolute Gasteiger partial charge is 0.418 e. The number of fused-ring (bicyclic) bond motifs is 1. The van der Waals surface area contributed by atoms with Crippen LogP contribution in [0.1, 0.15) is 5.56 Å².